The molecule has 0 aliphatic rings. The molecule has 0 spiro atoms. The zero-order valence-electron chi connectivity index (χ0n) is 16.0. The minimum Gasteiger partial charge on any atom is -0.353 e. The first kappa shape index (κ1) is 20.8. The summed E-state index contributed by atoms with van der Waals surface area (Å²) >= 11 is 0. The van der Waals surface area contributed by atoms with Gasteiger partial charge < -0.3 is 15.2 Å². The molecule has 1 unspecified atom stereocenters. The topological polar surface area (TPSA) is 93.1 Å². The molecule has 0 fully saturated rings. The van der Waals surface area contributed by atoms with Crippen LogP contribution in [0, 0.1) is 0 Å². The van der Waals surface area contributed by atoms with Gasteiger partial charge in [-0.25, -0.2) is 4.98 Å². The van der Waals surface area contributed by atoms with Crippen LogP contribution in [0.5, 0.6) is 0 Å². The van der Waals surface area contributed by atoms with Crippen LogP contribution in [0.1, 0.15) is 29.5 Å². The number of carbonyl (C=O) groups excluding carboxylic acids is 3. The molecule has 0 radical (unpaired) electrons. The number of allylic oxidation sites excluding steroid dienone is 2. The Morgan fingerprint density at radius 1 is 1.25 bits per heavy atom. The van der Waals surface area contributed by atoms with Crippen molar-refractivity contribution in [3.05, 3.63) is 78.4 Å². The van der Waals surface area contributed by atoms with Gasteiger partial charge in [0, 0.05) is 26.0 Å². The molecule has 28 heavy (non-hydrogen) atoms. The predicted molar refractivity (Wildman–Crippen MR) is 107 cm³/mol. The number of hydrogen-bond donors (Lipinski definition) is 2. The summed E-state index contributed by atoms with van der Waals surface area (Å²) in [6.45, 7) is 6.13. The van der Waals surface area contributed by atoms with E-state index in [1.54, 1.807) is 22.9 Å². The van der Waals surface area contributed by atoms with E-state index in [1.165, 1.54) is 13.2 Å². The van der Waals surface area contributed by atoms with Gasteiger partial charge in [0.25, 0.3) is 11.8 Å². The van der Waals surface area contributed by atoms with Crippen LogP contribution >= 0.6 is 0 Å². The van der Waals surface area contributed by atoms with Crippen molar-refractivity contribution >= 4 is 17.6 Å². The lowest BCUT2D eigenvalue weighted by Gasteiger charge is -2.17. The van der Waals surface area contributed by atoms with Gasteiger partial charge in [-0.05, 0) is 18.9 Å². The second-order valence-corrected chi connectivity index (χ2v) is 6.20. The van der Waals surface area contributed by atoms with Crippen molar-refractivity contribution in [3.8, 4) is 0 Å². The molecule has 0 saturated carbocycles. The zero-order chi connectivity index (χ0) is 20.5. The highest BCUT2D eigenvalue weighted by Gasteiger charge is 2.28. The fourth-order valence-corrected chi connectivity index (χ4v) is 2.71. The summed E-state index contributed by atoms with van der Waals surface area (Å²) in [6, 6.07) is 8.60. The van der Waals surface area contributed by atoms with Crippen molar-refractivity contribution in [1.82, 2.24) is 20.2 Å². The van der Waals surface area contributed by atoms with E-state index < -0.39 is 23.6 Å². The molecule has 2 N–H and O–H groups in total. The summed E-state index contributed by atoms with van der Waals surface area (Å²) in [6.07, 6.45) is 6.84. The van der Waals surface area contributed by atoms with E-state index in [-0.39, 0.29) is 12.2 Å². The Morgan fingerprint density at radius 2 is 1.96 bits per heavy atom. The molecular formula is C21H24N4O3. The van der Waals surface area contributed by atoms with Crippen LogP contribution in [0.25, 0.3) is 0 Å². The number of benzene rings is 1. The maximum absolute atomic E-state index is 12.8. The average molecular weight is 380 g/mol. The minimum absolute atomic E-state index is 0.127. The molecule has 2 rings (SSSR count). The Hall–Kier alpha value is -3.48. The normalized spacial score (nSPS) is 11.8. The van der Waals surface area contributed by atoms with Crippen LogP contribution in [0.3, 0.4) is 0 Å². The van der Waals surface area contributed by atoms with Gasteiger partial charge in [-0.15, -0.1) is 0 Å². The van der Waals surface area contributed by atoms with Crippen LogP contribution in [-0.4, -0.2) is 40.2 Å². The molecule has 7 nitrogen and oxygen atoms in total. The monoisotopic (exact) mass is 380 g/mol. The Morgan fingerprint density at radius 3 is 2.61 bits per heavy atom. The number of carbonyl (C=O) groups is 3. The van der Waals surface area contributed by atoms with Crippen LogP contribution < -0.4 is 10.6 Å². The molecule has 2 aromatic rings. The summed E-state index contributed by atoms with van der Waals surface area (Å²) < 4.78 is 1.69. The summed E-state index contributed by atoms with van der Waals surface area (Å²) in [7, 11) is 1.37. The maximum atomic E-state index is 12.8. The Kier molecular flexibility index (Phi) is 7.45. The second-order valence-electron chi connectivity index (χ2n) is 6.20. The molecule has 2 amide bonds. The lowest BCUT2D eigenvalue weighted by atomic mass is 10.0. The predicted octanol–water partition coefficient (Wildman–Crippen LogP) is 1.87. The first-order valence-electron chi connectivity index (χ1n) is 8.88. The molecule has 1 aromatic carbocycles. The molecule has 7 heteroatoms. The van der Waals surface area contributed by atoms with Crippen LogP contribution in [0.4, 0.5) is 0 Å². The fourth-order valence-electron chi connectivity index (χ4n) is 2.71. The first-order chi connectivity index (χ1) is 13.5. The van der Waals surface area contributed by atoms with Crippen LogP contribution in [0.2, 0.25) is 0 Å². The van der Waals surface area contributed by atoms with Gasteiger partial charge in [-0.3, -0.25) is 14.4 Å². The zero-order valence-corrected chi connectivity index (χ0v) is 16.0. The summed E-state index contributed by atoms with van der Waals surface area (Å²) in [5, 5.41) is 4.92. The van der Waals surface area contributed by atoms with E-state index in [1.807, 2.05) is 37.3 Å². The Labute approximate surface area is 164 Å². The maximum Gasteiger partial charge on any atom is 0.289 e. The fraction of sp³-hybridized carbons (Fsp3) is 0.238. The molecular weight excluding hydrogens is 356 g/mol. The number of Topliss-reactive ketones (excluding diaryl/α,β-unsaturated/α-hetero) is 1. The molecule has 0 saturated heterocycles. The molecule has 0 aliphatic carbocycles. The van der Waals surface area contributed by atoms with Gasteiger partial charge in [0.2, 0.25) is 5.78 Å². The average Bonchev–Trinajstić information content (AvgIpc) is 3.15. The SMILES string of the molecule is C=C(/C=C\C)CC(NC(=O)c1nccn1Cc1ccccc1)C(=O)C(=O)NC. The van der Waals surface area contributed by atoms with Gasteiger partial charge in [0.15, 0.2) is 5.82 Å². The van der Waals surface area contributed by atoms with Crippen molar-refractivity contribution in [2.24, 2.45) is 0 Å². The quantitative estimate of drug-likeness (QED) is 0.513. The highest BCUT2D eigenvalue weighted by molar-refractivity contribution is 6.38. The molecule has 1 heterocycles. The first-order valence-corrected chi connectivity index (χ1v) is 8.88. The van der Waals surface area contributed by atoms with Crippen LogP contribution in [-0.2, 0) is 16.1 Å². The van der Waals surface area contributed by atoms with Gasteiger partial charge in [-0.1, -0.05) is 54.6 Å². The molecule has 1 aromatic heterocycles. The highest BCUT2D eigenvalue weighted by atomic mass is 16.2. The van der Waals surface area contributed by atoms with E-state index in [2.05, 4.69) is 22.2 Å². The summed E-state index contributed by atoms with van der Waals surface area (Å²) in [5.41, 5.74) is 1.63. The molecule has 0 bridgehead atoms. The number of aromatic nitrogens is 2. The van der Waals surface area contributed by atoms with Gasteiger partial charge in [-0.2, -0.15) is 0 Å². The van der Waals surface area contributed by atoms with Gasteiger partial charge in [0.05, 0.1) is 0 Å². The van der Waals surface area contributed by atoms with Crippen molar-refractivity contribution < 1.29 is 14.4 Å². The number of hydrogen-bond acceptors (Lipinski definition) is 4. The standard InChI is InChI=1S/C21H24N4O3/c1-4-8-15(2)13-17(18(26)20(27)22-3)24-21(28)19-23-11-12-25(19)14-16-9-6-5-7-10-16/h4-12,17H,2,13-14H2,1,3H3,(H,22,27)(H,24,28)/b8-4-. The largest absolute Gasteiger partial charge is 0.353 e. The van der Waals surface area contributed by atoms with E-state index >= 15 is 0 Å². The smallest absolute Gasteiger partial charge is 0.289 e. The lowest BCUT2D eigenvalue weighted by Crippen LogP contribution is -2.47. The van der Waals surface area contributed by atoms with Crippen molar-refractivity contribution in [2.45, 2.75) is 25.9 Å². The number of nitrogens with zero attached hydrogens (tertiary/aromatic N) is 2. The molecule has 1 atom stereocenters. The van der Waals surface area contributed by atoms with Crippen molar-refractivity contribution in [3.63, 3.8) is 0 Å². The van der Waals surface area contributed by atoms with E-state index in [0.717, 1.165) is 5.56 Å². The summed E-state index contributed by atoms with van der Waals surface area (Å²) in [5.74, 6) is -1.87. The number of amides is 2. The highest BCUT2D eigenvalue weighted by Crippen LogP contribution is 2.09. The van der Waals surface area contributed by atoms with Crippen molar-refractivity contribution in [1.29, 1.82) is 0 Å². The lowest BCUT2D eigenvalue weighted by molar-refractivity contribution is -0.138. The number of imidazole rings is 1. The third-order valence-corrected chi connectivity index (χ3v) is 4.06. The molecule has 0 aliphatic heterocycles. The second kappa shape index (κ2) is 10.0. The summed E-state index contributed by atoms with van der Waals surface area (Å²) in [4.78, 5) is 41.0. The number of ketones is 1. The Bertz CT molecular complexity index is 884. The number of rotatable bonds is 9. The van der Waals surface area contributed by atoms with Gasteiger partial charge in [0.1, 0.15) is 6.04 Å². The number of likely N-dealkylation sites (N-methyl/N-ethyl adjacent to an activating group) is 1. The van der Waals surface area contributed by atoms with E-state index in [9.17, 15) is 14.4 Å². The molecule has 146 valence electrons. The number of nitrogens with one attached hydrogen (secondary N) is 2. The van der Waals surface area contributed by atoms with Crippen LogP contribution in [0.15, 0.2) is 67.0 Å². The minimum atomic E-state index is -1.03. The van der Waals surface area contributed by atoms with Gasteiger partial charge >= 0.3 is 0 Å². The third-order valence-electron chi connectivity index (χ3n) is 4.06. The third kappa shape index (κ3) is 5.51. The van der Waals surface area contributed by atoms with E-state index in [0.29, 0.717) is 12.1 Å². The Balaban J connectivity index is 2.19. The van der Waals surface area contributed by atoms with E-state index in [4.69, 9.17) is 0 Å². The van der Waals surface area contributed by atoms with Crippen molar-refractivity contribution in [2.75, 3.05) is 7.05 Å².